The van der Waals surface area contributed by atoms with E-state index in [1.807, 2.05) is 0 Å². The predicted molar refractivity (Wildman–Crippen MR) is 75.6 cm³/mol. The zero-order valence-corrected chi connectivity index (χ0v) is 10.4. The van der Waals surface area contributed by atoms with Crippen LogP contribution in [-0.2, 0) is 13.0 Å². The second-order valence-electron chi connectivity index (χ2n) is 4.84. The van der Waals surface area contributed by atoms with Gasteiger partial charge < -0.3 is 10.6 Å². The molecule has 0 bridgehead atoms. The molecule has 0 fully saturated rings. The van der Waals surface area contributed by atoms with Crippen LogP contribution in [0.5, 0.6) is 0 Å². The average Bonchev–Trinajstić information content (AvgIpc) is 2.78. The van der Waals surface area contributed by atoms with E-state index in [9.17, 15) is 0 Å². The molecule has 0 spiro atoms. The maximum absolute atomic E-state index is 5.92. The first-order valence-corrected chi connectivity index (χ1v) is 6.47. The number of fused-ring (bicyclic) bond motifs is 1. The summed E-state index contributed by atoms with van der Waals surface area (Å²) in [4.78, 5) is 2.44. The van der Waals surface area contributed by atoms with Gasteiger partial charge in [0.15, 0.2) is 0 Å². The summed E-state index contributed by atoms with van der Waals surface area (Å²) in [5.41, 5.74) is 10.0. The van der Waals surface area contributed by atoms with Crippen LogP contribution in [0, 0.1) is 0 Å². The molecule has 2 N–H and O–H groups in total. The Morgan fingerprint density at radius 2 is 1.72 bits per heavy atom. The third-order valence-corrected chi connectivity index (χ3v) is 3.67. The number of rotatable bonds is 3. The Morgan fingerprint density at radius 1 is 1.00 bits per heavy atom. The van der Waals surface area contributed by atoms with E-state index in [0.29, 0.717) is 12.6 Å². The van der Waals surface area contributed by atoms with Crippen LogP contribution in [0.2, 0.25) is 0 Å². The molecule has 2 aromatic rings. The van der Waals surface area contributed by atoms with Gasteiger partial charge in [-0.15, -0.1) is 0 Å². The number of anilines is 1. The molecule has 0 amide bonds. The zero-order chi connectivity index (χ0) is 12.4. The van der Waals surface area contributed by atoms with Gasteiger partial charge in [-0.2, -0.15) is 0 Å². The normalized spacial score (nSPS) is 17.8. The Kier molecular flexibility index (Phi) is 3.03. The molecule has 0 saturated carbocycles. The second-order valence-corrected chi connectivity index (χ2v) is 4.84. The van der Waals surface area contributed by atoms with Gasteiger partial charge in [-0.1, -0.05) is 48.5 Å². The van der Waals surface area contributed by atoms with Gasteiger partial charge in [-0.3, -0.25) is 0 Å². The van der Waals surface area contributed by atoms with E-state index >= 15 is 0 Å². The molecule has 2 aromatic carbocycles. The van der Waals surface area contributed by atoms with E-state index in [1.54, 1.807) is 0 Å². The van der Waals surface area contributed by atoms with Crippen LogP contribution in [-0.4, -0.2) is 12.6 Å². The predicted octanol–water partition coefficient (Wildman–Crippen LogP) is 2.58. The van der Waals surface area contributed by atoms with Crippen molar-refractivity contribution in [2.45, 2.75) is 19.0 Å². The van der Waals surface area contributed by atoms with Gasteiger partial charge in [0.2, 0.25) is 0 Å². The molecule has 18 heavy (non-hydrogen) atoms. The van der Waals surface area contributed by atoms with Crippen LogP contribution in [0.4, 0.5) is 5.69 Å². The number of nitrogens with zero attached hydrogens (tertiary/aromatic N) is 1. The molecule has 0 radical (unpaired) electrons. The molecule has 1 aliphatic rings. The molecule has 0 saturated heterocycles. The third kappa shape index (κ3) is 2.00. The lowest BCUT2D eigenvalue weighted by Crippen LogP contribution is -2.37. The van der Waals surface area contributed by atoms with Crippen molar-refractivity contribution in [1.29, 1.82) is 0 Å². The van der Waals surface area contributed by atoms with Crippen LogP contribution in [0.25, 0.3) is 0 Å². The summed E-state index contributed by atoms with van der Waals surface area (Å²) in [6.07, 6.45) is 1.07. The first kappa shape index (κ1) is 11.3. The first-order chi connectivity index (χ1) is 8.88. The molecule has 1 heterocycles. The van der Waals surface area contributed by atoms with Crippen molar-refractivity contribution in [3.63, 3.8) is 0 Å². The van der Waals surface area contributed by atoms with E-state index < -0.39 is 0 Å². The molecule has 1 unspecified atom stereocenters. The second kappa shape index (κ2) is 4.83. The largest absolute Gasteiger partial charge is 0.362 e. The van der Waals surface area contributed by atoms with Crippen LogP contribution in [0.1, 0.15) is 11.1 Å². The lowest BCUT2D eigenvalue weighted by atomic mass is 10.1. The van der Waals surface area contributed by atoms with Crippen molar-refractivity contribution < 1.29 is 0 Å². The highest BCUT2D eigenvalue weighted by atomic mass is 15.2. The van der Waals surface area contributed by atoms with Gasteiger partial charge in [0.05, 0.1) is 0 Å². The molecule has 2 heteroatoms. The summed E-state index contributed by atoms with van der Waals surface area (Å²) >= 11 is 0. The van der Waals surface area contributed by atoms with Crippen molar-refractivity contribution in [2.75, 3.05) is 11.4 Å². The molecule has 1 atom stereocenters. The maximum Gasteiger partial charge on any atom is 0.0457 e. The van der Waals surface area contributed by atoms with Crippen LogP contribution >= 0.6 is 0 Å². The van der Waals surface area contributed by atoms with Crippen molar-refractivity contribution >= 4 is 5.69 Å². The summed E-state index contributed by atoms with van der Waals surface area (Å²) in [6.45, 7) is 1.65. The number of benzene rings is 2. The Hall–Kier alpha value is -1.80. The van der Waals surface area contributed by atoms with Gasteiger partial charge in [0.25, 0.3) is 0 Å². The minimum atomic E-state index is 0.433. The minimum Gasteiger partial charge on any atom is -0.362 e. The molecule has 2 nitrogen and oxygen atoms in total. The highest BCUT2D eigenvalue weighted by Gasteiger charge is 2.27. The monoisotopic (exact) mass is 238 g/mol. The Balaban J connectivity index is 1.90. The first-order valence-electron chi connectivity index (χ1n) is 6.47. The van der Waals surface area contributed by atoms with Gasteiger partial charge in [-0.05, 0) is 23.6 Å². The molecule has 3 rings (SSSR count). The van der Waals surface area contributed by atoms with Gasteiger partial charge in [0, 0.05) is 24.8 Å². The van der Waals surface area contributed by atoms with E-state index in [0.717, 1.165) is 13.0 Å². The lowest BCUT2D eigenvalue weighted by Gasteiger charge is -2.26. The molecular weight excluding hydrogens is 220 g/mol. The van der Waals surface area contributed by atoms with E-state index in [4.69, 9.17) is 5.73 Å². The Labute approximate surface area is 108 Å². The fourth-order valence-corrected chi connectivity index (χ4v) is 2.73. The van der Waals surface area contributed by atoms with Crippen LogP contribution < -0.4 is 10.6 Å². The molecule has 1 aliphatic heterocycles. The Morgan fingerprint density at radius 3 is 2.50 bits per heavy atom. The number of hydrogen-bond acceptors (Lipinski definition) is 2. The SMILES string of the molecule is NCC1Cc2ccccc2N1Cc1ccccc1. The lowest BCUT2D eigenvalue weighted by molar-refractivity contribution is 0.629. The van der Waals surface area contributed by atoms with Crippen molar-refractivity contribution in [3.8, 4) is 0 Å². The van der Waals surface area contributed by atoms with Gasteiger partial charge in [-0.25, -0.2) is 0 Å². The van der Waals surface area contributed by atoms with E-state index in [1.165, 1.54) is 16.8 Å². The maximum atomic E-state index is 5.92. The van der Waals surface area contributed by atoms with Gasteiger partial charge >= 0.3 is 0 Å². The Bertz CT molecular complexity index is 522. The van der Waals surface area contributed by atoms with E-state index in [2.05, 4.69) is 59.5 Å². The zero-order valence-electron chi connectivity index (χ0n) is 10.4. The number of hydrogen-bond donors (Lipinski definition) is 1. The number of para-hydroxylation sites is 1. The number of nitrogens with two attached hydrogens (primary N) is 1. The van der Waals surface area contributed by atoms with Crippen molar-refractivity contribution in [3.05, 3.63) is 65.7 Å². The van der Waals surface area contributed by atoms with Crippen molar-refractivity contribution in [2.24, 2.45) is 5.73 Å². The fraction of sp³-hybridized carbons (Fsp3) is 0.250. The summed E-state index contributed by atoms with van der Waals surface area (Å²) in [6, 6.07) is 19.7. The molecule has 0 aromatic heterocycles. The molecule has 0 aliphatic carbocycles. The third-order valence-electron chi connectivity index (χ3n) is 3.67. The summed E-state index contributed by atoms with van der Waals surface area (Å²) in [5.74, 6) is 0. The van der Waals surface area contributed by atoms with Crippen molar-refractivity contribution in [1.82, 2.24) is 0 Å². The fourth-order valence-electron chi connectivity index (χ4n) is 2.73. The smallest absolute Gasteiger partial charge is 0.0457 e. The topological polar surface area (TPSA) is 29.3 Å². The van der Waals surface area contributed by atoms with Gasteiger partial charge in [0.1, 0.15) is 0 Å². The van der Waals surface area contributed by atoms with E-state index in [-0.39, 0.29) is 0 Å². The molecular formula is C16H18N2. The van der Waals surface area contributed by atoms with Crippen LogP contribution in [0.3, 0.4) is 0 Å². The standard InChI is InChI=1S/C16H18N2/c17-11-15-10-14-8-4-5-9-16(14)18(15)12-13-6-2-1-3-7-13/h1-9,15H,10-12,17H2. The summed E-state index contributed by atoms with van der Waals surface area (Å²) < 4.78 is 0. The average molecular weight is 238 g/mol. The summed E-state index contributed by atoms with van der Waals surface area (Å²) in [7, 11) is 0. The summed E-state index contributed by atoms with van der Waals surface area (Å²) in [5, 5.41) is 0. The quantitative estimate of drug-likeness (QED) is 0.890. The highest BCUT2D eigenvalue weighted by molar-refractivity contribution is 5.59. The highest BCUT2D eigenvalue weighted by Crippen LogP contribution is 2.32. The molecule has 92 valence electrons. The van der Waals surface area contributed by atoms with Crippen LogP contribution in [0.15, 0.2) is 54.6 Å². The minimum absolute atomic E-state index is 0.433.